The summed E-state index contributed by atoms with van der Waals surface area (Å²) in [7, 11) is 0. The van der Waals surface area contributed by atoms with Crippen molar-refractivity contribution in [2.75, 3.05) is 5.32 Å². The lowest BCUT2D eigenvalue weighted by molar-refractivity contribution is 0.102. The molecule has 0 aliphatic carbocycles. The summed E-state index contributed by atoms with van der Waals surface area (Å²) < 4.78 is 5.57. The number of rotatable bonds is 7. The number of nitrogens with zero attached hydrogens (tertiary/aromatic N) is 3. The Hall–Kier alpha value is -3.23. The summed E-state index contributed by atoms with van der Waals surface area (Å²) in [5.41, 5.74) is 2.33. The van der Waals surface area contributed by atoms with Crippen molar-refractivity contribution in [2.45, 2.75) is 17.6 Å². The van der Waals surface area contributed by atoms with Gasteiger partial charge in [-0.2, -0.15) is 0 Å². The van der Waals surface area contributed by atoms with Gasteiger partial charge < -0.3 is 10.1 Å². The molecule has 0 aliphatic heterocycles. The number of thioether (sulfide) groups is 1. The Labute approximate surface area is 182 Å². The second kappa shape index (κ2) is 9.51. The highest BCUT2D eigenvalue weighted by Gasteiger charge is 2.12. The van der Waals surface area contributed by atoms with Crippen LogP contribution in [0.1, 0.15) is 21.1 Å². The average Bonchev–Trinajstić information content (AvgIpc) is 3.20. The third kappa shape index (κ3) is 5.22. The van der Waals surface area contributed by atoms with Crippen molar-refractivity contribution in [1.29, 1.82) is 0 Å². The van der Waals surface area contributed by atoms with Gasteiger partial charge in [0.15, 0.2) is 0 Å². The number of benzene rings is 2. The Balaban J connectivity index is 1.41. The van der Waals surface area contributed by atoms with Crippen molar-refractivity contribution < 1.29 is 9.53 Å². The summed E-state index contributed by atoms with van der Waals surface area (Å²) in [5.74, 6) is 1.16. The molecule has 30 heavy (non-hydrogen) atoms. The van der Waals surface area contributed by atoms with Gasteiger partial charge in [0.2, 0.25) is 0 Å². The lowest BCUT2D eigenvalue weighted by atomic mass is 10.2. The molecule has 0 aliphatic rings. The first-order valence-electron chi connectivity index (χ1n) is 9.16. The first kappa shape index (κ1) is 20.1. The number of aromatic nitrogens is 3. The molecular weight excluding hydrogens is 416 g/mol. The minimum absolute atomic E-state index is 0.160. The Bertz CT molecular complexity index is 1130. The first-order chi connectivity index (χ1) is 14.7. The average molecular weight is 435 g/mol. The number of hydrogen-bond donors (Lipinski definition) is 1. The van der Waals surface area contributed by atoms with Crippen molar-refractivity contribution in [2.24, 2.45) is 0 Å². The Morgan fingerprint density at radius 1 is 1.07 bits per heavy atom. The molecule has 8 heteroatoms. The van der Waals surface area contributed by atoms with Crippen molar-refractivity contribution >= 4 is 34.7 Å². The summed E-state index contributed by atoms with van der Waals surface area (Å²) in [4.78, 5) is 26.3. The van der Waals surface area contributed by atoms with E-state index >= 15 is 0 Å². The van der Waals surface area contributed by atoms with E-state index in [1.807, 2.05) is 31.2 Å². The number of anilines is 1. The fourth-order valence-electron chi connectivity index (χ4n) is 2.65. The number of ether oxygens (including phenoxy) is 1. The Morgan fingerprint density at radius 3 is 2.57 bits per heavy atom. The van der Waals surface area contributed by atoms with Crippen LogP contribution in [-0.2, 0) is 5.75 Å². The molecule has 0 unspecified atom stereocenters. The monoisotopic (exact) mass is 434 g/mol. The molecule has 0 radical (unpaired) electrons. The van der Waals surface area contributed by atoms with Gasteiger partial charge in [0.1, 0.15) is 5.75 Å². The first-order valence-corrected chi connectivity index (χ1v) is 11.0. The zero-order chi connectivity index (χ0) is 20.8. The molecule has 6 nitrogen and oxygen atoms in total. The van der Waals surface area contributed by atoms with Gasteiger partial charge in [0.25, 0.3) is 5.91 Å². The summed E-state index contributed by atoms with van der Waals surface area (Å²) in [6, 6.07) is 16.7. The van der Waals surface area contributed by atoms with Crippen LogP contribution in [0.5, 0.6) is 11.8 Å². The number of carbonyl (C=O) groups excluding carboxylic acids is 1. The number of hydrogen-bond acceptors (Lipinski definition) is 7. The van der Waals surface area contributed by atoms with Crippen LogP contribution in [0.4, 0.5) is 5.69 Å². The highest BCUT2D eigenvalue weighted by molar-refractivity contribution is 7.98. The van der Waals surface area contributed by atoms with E-state index in [0.717, 1.165) is 21.3 Å². The van der Waals surface area contributed by atoms with E-state index in [9.17, 15) is 4.79 Å². The molecule has 0 atom stereocenters. The summed E-state index contributed by atoms with van der Waals surface area (Å²) in [6.45, 7) is 1.99. The predicted molar refractivity (Wildman–Crippen MR) is 119 cm³/mol. The molecule has 0 fully saturated rings. The van der Waals surface area contributed by atoms with Crippen LogP contribution in [0.15, 0.2) is 77.3 Å². The minimum Gasteiger partial charge on any atom is -0.424 e. The van der Waals surface area contributed by atoms with Gasteiger partial charge >= 0.3 is 6.01 Å². The third-order valence-electron chi connectivity index (χ3n) is 4.04. The summed E-state index contributed by atoms with van der Waals surface area (Å²) in [6.07, 6.45) is 3.23. The van der Waals surface area contributed by atoms with Crippen molar-refractivity contribution in [3.05, 3.63) is 88.6 Å². The van der Waals surface area contributed by atoms with Crippen LogP contribution < -0.4 is 10.1 Å². The van der Waals surface area contributed by atoms with Gasteiger partial charge in [-0.25, -0.2) is 15.0 Å². The Kier molecular flexibility index (Phi) is 6.36. The molecule has 2 aromatic heterocycles. The maximum absolute atomic E-state index is 12.8. The summed E-state index contributed by atoms with van der Waals surface area (Å²) in [5, 5.41) is 6.03. The van der Waals surface area contributed by atoms with E-state index in [4.69, 9.17) is 4.74 Å². The van der Waals surface area contributed by atoms with Crippen LogP contribution in [-0.4, -0.2) is 20.9 Å². The molecule has 0 saturated carbocycles. The fraction of sp³-hybridized carbons (Fsp3) is 0.0909. The third-order valence-corrected chi connectivity index (χ3v) is 5.97. The molecular formula is C22H18N4O2S2. The highest BCUT2D eigenvalue weighted by Crippen LogP contribution is 2.28. The SMILES string of the molecule is Cc1nc(CSc2ccccc2C(=O)Nc2ccc(Oc3ncccn3)cc2)cs1. The van der Waals surface area contributed by atoms with Gasteiger partial charge in [-0.05, 0) is 49.4 Å². The predicted octanol–water partition coefficient (Wildman–Crippen LogP) is 5.58. The van der Waals surface area contributed by atoms with Gasteiger partial charge in [0.05, 0.1) is 16.3 Å². The highest BCUT2D eigenvalue weighted by atomic mass is 32.2. The fourth-order valence-corrected chi connectivity index (χ4v) is 4.31. The molecule has 2 heterocycles. The molecule has 0 spiro atoms. The van der Waals surface area contributed by atoms with Gasteiger partial charge in [-0.1, -0.05) is 12.1 Å². The van der Waals surface area contributed by atoms with E-state index in [1.54, 1.807) is 65.8 Å². The minimum atomic E-state index is -0.160. The van der Waals surface area contributed by atoms with Gasteiger partial charge in [-0.15, -0.1) is 23.1 Å². The lowest BCUT2D eigenvalue weighted by Gasteiger charge is -2.10. The number of nitrogens with one attached hydrogen (secondary N) is 1. The topological polar surface area (TPSA) is 77.0 Å². The van der Waals surface area contributed by atoms with Crippen molar-refractivity contribution in [1.82, 2.24) is 15.0 Å². The van der Waals surface area contributed by atoms with E-state index < -0.39 is 0 Å². The maximum Gasteiger partial charge on any atom is 0.321 e. The van der Waals surface area contributed by atoms with Gasteiger partial charge in [0, 0.05) is 34.1 Å². The second-order valence-electron chi connectivity index (χ2n) is 6.25. The van der Waals surface area contributed by atoms with E-state index in [0.29, 0.717) is 17.0 Å². The smallest absolute Gasteiger partial charge is 0.321 e. The normalized spacial score (nSPS) is 10.6. The maximum atomic E-state index is 12.8. The van der Waals surface area contributed by atoms with E-state index in [-0.39, 0.29) is 11.9 Å². The standard InChI is InChI=1S/C22H18N4O2S2/c1-15-25-17(13-29-15)14-30-20-6-3-2-5-19(20)21(27)26-16-7-9-18(10-8-16)28-22-23-11-4-12-24-22/h2-13H,14H2,1H3,(H,26,27). The Morgan fingerprint density at radius 2 is 1.83 bits per heavy atom. The zero-order valence-electron chi connectivity index (χ0n) is 16.1. The molecule has 1 N–H and O–H groups in total. The van der Waals surface area contributed by atoms with Gasteiger partial charge in [-0.3, -0.25) is 4.79 Å². The molecule has 0 bridgehead atoms. The van der Waals surface area contributed by atoms with Crippen molar-refractivity contribution in [3.8, 4) is 11.8 Å². The molecule has 2 aromatic carbocycles. The second-order valence-corrected chi connectivity index (χ2v) is 8.33. The van der Waals surface area contributed by atoms with E-state index in [2.05, 4.69) is 25.6 Å². The molecule has 150 valence electrons. The number of carbonyl (C=O) groups is 1. The van der Waals surface area contributed by atoms with Crippen LogP contribution in [0.25, 0.3) is 0 Å². The molecule has 4 aromatic rings. The van der Waals surface area contributed by atoms with E-state index in [1.165, 1.54) is 0 Å². The quantitative estimate of drug-likeness (QED) is 0.383. The van der Waals surface area contributed by atoms with Crippen LogP contribution in [0.2, 0.25) is 0 Å². The lowest BCUT2D eigenvalue weighted by Crippen LogP contribution is -2.12. The van der Waals surface area contributed by atoms with Crippen LogP contribution >= 0.6 is 23.1 Å². The largest absolute Gasteiger partial charge is 0.424 e. The molecule has 0 saturated heterocycles. The number of aryl methyl sites for hydroxylation is 1. The zero-order valence-corrected chi connectivity index (χ0v) is 17.7. The van der Waals surface area contributed by atoms with Crippen LogP contribution in [0.3, 0.4) is 0 Å². The summed E-state index contributed by atoms with van der Waals surface area (Å²) >= 11 is 3.24. The van der Waals surface area contributed by atoms with Crippen molar-refractivity contribution in [3.63, 3.8) is 0 Å². The van der Waals surface area contributed by atoms with Crippen LogP contribution in [0, 0.1) is 6.92 Å². The molecule has 1 amide bonds. The number of thiazole rings is 1. The molecule has 4 rings (SSSR count). The number of amides is 1.